The molecule has 0 saturated heterocycles. The van der Waals surface area contributed by atoms with Gasteiger partial charge in [-0.15, -0.1) is 0 Å². The second-order valence-electron chi connectivity index (χ2n) is 3.04. The maximum absolute atomic E-state index is 11.5. The van der Waals surface area contributed by atoms with Crippen molar-refractivity contribution in [2.45, 2.75) is 20.4 Å². The predicted molar refractivity (Wildman–Crippen MR) is 49.0 cm³/mol. The summed E-state index contributed by atoms with van der Waals surface area (Å²) in [6.45, 7) is 4.23. The molecule has 0 aliphatic heterocycles. The molecule has 0 saturated carbocycles. The van der Waals surface area contributed by atoms with Gasteiger partial charge in [-0.2, -0.15) is 0 Å². The molecule has 66 valence electrons. The van der Waals surface area contributed by atoms with Gasteiger partial charge >= 0.3 is 0 Å². The molecule has 0 aliphatic rings. The van der Waals surface area contributed by atoms with Crippen LogP contribution in [0.4, 0.5) is 0 Å². The van der Waals surface area contributed by atoms with Gasteiger partial charge in [0.1, 0.15) is 0 Å². The largest absolute Gasteiger partial charge is 0.326 e. The van der Waals surface area contributed by atoms with Crippen molar-refractivity contribution >= 4 is 0 Å². The van der Waals surface area contributed by atoms with Crippen molar-refractivity contribution in [1.29, 1.82) is 0 Å². The second kappa shape index (κ2) is 3.11. The van der Waals surface area contributed by atoms with Gasteiger partial charge < -0.3 is 10.3 Å². The van der Waals surface area contributed by atoms with Crippen LogP contribution in [0.3, 0.4) is 0 Å². The highest BCUT2D eigenvalue weighted by molar-refractivity contribution is 5.29. The van der Waals surface area contributed by atoms with Crippen molar-refractivity contribution in [1.82, 2.24) is 4.57 Å². The molecule has 3 nitrogen and oxygen atoms in total. The van der Waals surface area contributed by atoms with Crippen LogP contribution in [-0.4, -0.2) is 4.57 Å². The van der Waals surface area contributed by atoms with Crippen LogP contribution in [0, 0.1) is 13.8 Å². The Kier molecular flexibility index (Phi) is 2.33. The average Bonchev–Trinajstić information content (AvgIpc) is 2.02. The smallest absolute Gasteiger partial charge is 0.255 e. The molecule has 3 heteroatoms. The fraction of sp³-hybridized carbons (Fsp3) is 0.444. The Morgan fingerprint density at radius 3 is 2.58 bits per heavy atom. The predicted octanol–water partition coefficient (Wildman–Crippen LogP) is 0.461. The quantitative estimate of drug-likeness (QED) is 0.659. The maximum Gasteiger partial charge on any atom is 0.255 e. The van der Waals surface area contributed by atoms with Gasteiger partial charge in [0.15, 0.2) is 0 Å². The van der Waals surface area contributed by atoms with E-state index in [0.717, 1.165) is 16.7 Å². The lowest BCUT2D eigenvalue weighted by molar-refractivity contribution is 0.813. The summed E-state index contributed by atoms with van der Waals surface area (Å²) in [4.78, 5) is 11.5. The molecular weight excluding hydrogens is 152 g/mol. The van der Waals surface area contributed by atoms with E-state index in [0.29, 0.717) is 6.54 Å². The minimum atomic E-state index is 0.0144. The van der Waals surface area contributed by atoms with Crippen LogP contribution in [0.25, 0.3) is 0 Å². The molecule has 0 aromatic carbocycles. The fourth-order valence-electron chi connectivity index (χ4n) is 1.30. The number of nitrogens with two attached hydrogens (primary N) is 1. The highest BCUT2D eigenvalue weighted by Gasteiger charge is 2.05. The summed E-state index contributed by atoms with van der Waals surface area (Å²) in [6, 6.07) is 0. The highest BCUT2D eigenvalue weighted by atomic mass is 16.1. The molecule has 0 unspecified atom stereocenters. The third-order valence-corrected chi connectivity index (χ3v) is 2.21. The molecule has 0 fully saturated rings. The van der Waals surface area contributed by atoms with E-state index < -0.39 is 0 Å². The third kappa shape index (κ3) is 1.28. The Balaban J connectivity index is 3.53. The van der Waals surface area contributed by atoms with Crippen molar-refractivity contribution in [3.8, 4) is 0 Å². The van der Waals surface area contributed by atoms with E-state index >= 15 is 0 Å². The normalized spacial score (nSPS) is 10.3. The van der Waals surface area contributed by atoms with Crippen LogP contribution >= 0.6 is 0 Å². The number of hydrogen-bond acceptors (Lipinski definition) is 2. The summed E-state index contributed by atoms with van der Waals surface area (Å²) in [6.07, 6.45) is 1.83. The molecule has 1 aromatic rings. The highest BCUT2D eigenvalue weighted by Crippen LogP contribution is 2.06. The van der Waals surface area contributed by atoms with Gasteiger partial charge in [-0.3, -0.25) is 4.79 Å². The Labute approximate surface area is 71.8 Å². The van der Waals surface area contributed by atoms with E-state index in [1.54, 1.807) is 11.6 Å². The van der Waals surface area contributed by atoms with Crippen LogP contribution in [0.5, 0.6) is 0 Å². The average molecular weight is 166 g/mol. The number of rotatable bonds is 1. The minimum absolute atomic E-state index is 0.0144. The minimum Gasteiger partial charge on any atom is -0.326 e. The molecule has 2 N–H and O–H groups in total. The van der Waals surface area contributed by atoms with Gasteiger partial charge in [0, 0.05) is 25.4 Å². The van der Waals surface area contributed by atoms with Crippen LogP contribution in [0.2, 0.25) is 0 Å². The van der Waals surface area contributed by atoms with E-state index in [-0.39, 0.29) is 5.56 Å². The SMILES string of the molecule is Cc1cn(C)c(=O)c(CN)c1C. The molecule has 1 aromatic heterocycles. The van der Waals surface area contributed by atoms with Crippen LogP contribution < -0.4 is 11.3 Å². The molecule has 0 spiro atoms. The summed E-state index contributed by atoms with van der Waals surface area (Å²) in [5.41, 5.74) is 8.33. The Morgan fingerprint density at radius 1 is 1.50 bits per heavy atom. The first kappa shape index (κ1) is 9.00. The van der Waals surface area contributed by atoms with E-state index in [2.05, 4.69) is 0 Å². The van der Waals surface area contributed by atoms with E-state index in [1.165, 1.54) is 0 Å². The molecule has 0 aliphatic carbocycles. The third-order valence-electron chi connectivity index (χ3n) is 2.21. The zero-order chi connectivity index (χ0) is 9.30. The van der Waals surface area contributed by atoms with Crippen LogP contribution in [0.15, 0.2) is 11.0 Å². The Morgan fingerprint density at radius 2 is 2.08 bits per heavy atom. The lowest BCUT2D eigenvalue weighted by Crippen LogP contribution is -2.24. The molecule has 0 bridgehead atoms. The van der Waals surface area contributed by atoms with E-state index in [4.69, 9.17) is 5.73 Å². The first-order valence-electron chi connectivity index (χ1n) is 3.93. The topological polar surface area (TPSA) is 48.0 Å². The molecule has 1 rings (SSSR count). The molecular formula is C9H14N2O. The maximum atomic E-state index is 11.5. The number of aryl methyl sites for hydroxylation is 2. The summed E-state index contributed by atoms with van der Waals surface area (Å²) in [5, 5.41) is 0. The second-order valence-corrected chi connectivity index (χ2v) is 3.04. The molecule has 1 heterocycles. The molecule has 0 atom stereocenters. The lowest BCUT2D eigenvalue weighted by Gasteiger charge is -2.08. The van der Waals surface area contributed by atoms with E-state index in [1.807, 2.05) is 20.0 Å². The van der Waals surface area contributed by atoms with Gasteiger partial charge in [-0.25, -0.2) is 0 Å². The van der Waals surface area contributed by atoms with Crippen LogP contribution in [-0.2, 0) is 13.6 Å². The van der Waals surface area contributed by atoms with Crippen LogP contribution in [0.1, 0.15) is 16.7 Å². The number of hydrogen-bond donors (Lipinski definition) is 1. The Hall–Kier alpha value is -1.09. The zero-order valence-corrected chi connectivity index (χ0v) is 7.72. The standard InChI is InChI=1S/C9H14N2O/c1-6-5-11(3)9(12)8(4-10)7(6)2/h5H,4,10H2,1-3H3. The number of pyridine rings is 1. The van der Waals surface area contributed by atoms with Gasteiger partial charge in [0.25, 0.3) is 5.56 Å². The fourth-order valence-corrected chi connectivity index (χ4v) is 1.30. The molecule has 12 heavy (non-hydrogen) atoms. The monoisotopic (exact) mass is 166 g/mol. The van der Waals surface area contributed by atoms with Gasteiger partial charge in [0.2, 0.25) is 0 Å². The van der Waals surface area contributed by atoms with Crippen molar-refractivity contribution < 1.29 is 0 Å². The summed E-state index contributed by atoms with van der Waals surface area (Å²) in [7, 11) is 1.74. The first-order chi connectivity index (χ1) is 5.57. The summed E-state index contributed by atoms with van der Waals surface area (Å²) >= 11 is 0. The van der Waals surface area contributed by atoms with Crippen molar-refractivity contribution in [3.63, 3.8) is 0 Å². The Bertz CT molecular complexity index is 352. The van der Waals surface area contributed by atoms with Gasteiger partial charge in [-0.05, 0) is 25.0 Å². The van der Waals surface area contributed by atoms with Crippen molar-refractivity contribution in [3.05, 3.63) is 33.2 Å². The summed E-state index contributed by atoms with van der Waals surface area (Å²) < 4.78 is 1.57. The zero-order valence-electron chi connectivity index (χ0n) is 7.72. The molecule has 0 amide bonds. The van der Waals surface area contributed by atoms with E-state index in [9.17, 15) is 4.79 Å². The molecule has 0 radical (unpaired) electrons. The lowest BCUT2D eigenvalue weighted by atomic mass is 10.1. The first-order valence-corrected chi connectivity index (χ1v) is 3.93. The van der Waals surface area contributed by atoms with Gasteiger partial charge in [-0.1, -0.05) is 0 Å². The van der Waals surface area contributed by atoms with Crippen molar-refractivity contribution in [2.24, 2.45) is 12.8 Å². The van der Waals surface area contributed by atoms with Crippen molar-refractivity contribution in [2.75, 3.05) is 0 Å². The van der Waals surface area contributed by atoms with Gasteiger partial charge in [0.05, 0.1) is 0 Å². The number of nitrogens with zero attached hydrogens (tertiary/aromatic N) is 1. The number of aromatic nitrogens is 1. The summed E-state index contributed by atoms with van der Waals surface area (Å²) in [5.74, 6) is 0.